The van der Waals surface area contributed by atoms with Gasteiger partial charge >= 0.3 is 0 Å². The highest BCUT2D eigenvalue weighted by Crippen LogP contribution is 2.32. The fraction of sp³-hybridized carbons (Fsp3) is 0.407. The monoisotopic (exact) mass is 447 g/mol. The fourth-order valence-corrected chi connectivity index (χ4v) is 4.19. The van der Waals surface area contributed by atoms with Crippen LogP contribution in [0.2, 0.25) is 0 Å². The summed E-state index contributed by atoms with van der Waals surface area (Å²) in [6, 6.07) is 19.7. The average Bonchev–Trinajstić information content (AvgIpc) is 3.47. The molecular formula is C27H33N3O3. The molecule has 1 atom stereocenters. The van der Waals surface area contributed by atoms with Crippen molar-refractivity contribution in [1.82, 2.24) is 14.7 Å². The quantitative estimate of drug-likeness (QED) is 0.441. The number of hydrogen-bond acceptors (Lipinski definition) is 4. The molecule has 2 heterocycles. The van der Waals surface area contributed by atoms with E-state index in [1.807, 2.05) is 84.1 Å². The number of carbonyl (C=O) groups is 1. The van der Waals surface area contributed by atoms with Gasteiger partial charge < -0.3 is 14.4 Å². The number of rotatable bonds is 9. The van der Waals surface area contributed by atoms with E-state index < -0.39 is 0 Å². The molecule has 6 nitrogen and oxygen atoms in total. The highest BCUT2D eigenvalue weighted by atomic mass is 16.5. The Morgan fingerprint density at radius 2 is 1.85 bits per heavy atom. The molecule has 1 aliphatic heterocycles. The van der Waals surface area contributed by atoms with Crippen molar-refractivity contribution in [3.05, 3.63) is 71.9 Å². The summed E-state index contributed by atoms with van der Waals surface area (Å²) in [6.07, 6.45) is 2.85. The largest absolute Gasteiger partial charge is 0.439 e. The van der Waals surface area contributed by atoms with Crippen molar-refractivity contribution in [2.24, 2.45) is 5.92 Å². The Morgan fingerprint density at radius 3 is 2.45 bits per heavy atom. The number of benzene rings is 2. The van der Waals surface area contributed by atoms with Gasteiger partial charge in [0.05, 0.1) is 29.6 Å². The molecular weight excluding hydrogens is 414 g/mol. The maximum Gasteiger partial charge on any atom is 0.227 e. The molecule has 1 amide bonds. The summed E-state index contributed by atoms with van der Waals surface area (Å²) in [4.78, 5) is 15.1. The van der Waals surface area contributed by atoms with Crippen LogP contribution >= 0.6 is 0 Å². The third kappa shape index (κ3) is 5.45. The highest BCUT2D eigenvalue weighted by Gasteiger charge is 2.28. The van der Waals surface area contributed by atoms with Crippen LogP contribution in [0.3, 0.4) is 0 Å². The Balaban J connectivity index is 1.75. The summed E-state index contributed by atoms with van der Waals surface area (Å²) in [6.45, 7) is 7.77. The van der Waals surface area contributed by atoms with Crippen LogP contribution in [-0.2, 0) is 22.5 Å². The maximum atomic E-state index is 13.2. The average molecular weight is 448 g/mol. The Labute approximate surface area is 196 Å². The molecule has 33 heavy (non-hydrogen) atoms. The van der Waals surface area contributed by atoms with Crippen molar-refractivity contribution in [1.29, 1.82) is 0 Å². The first-order chi connectivity index (χ1) is 16.1. The lowest BCUT2D eigenvalue weighted by atomic mass is 10.1. The van der Waals surface area contributed by atoms with Crippen LogP contribution in [0.1, 0.15) is 44.9 Å². The molecule has 0 saturated carbocycles. The standard InChI is InChI=1S/C27H33N3O3/c1-4-25-24(19-29(26(31)20(2)3)18-23-16-11-17-32-23)27(33-22-14-9-6-10-15-22)30(28-25)21-12-7-5-8-13-21/h5-10,12-15,20,23H,4,11,16-19H2,1-3H3/t23-/m1/s1. The third-order valence-corrected chi connectivity index (χ3v) is 5.92. The molecule has 0 spiro atoms. The van der Waals surface area contributed by atoms with Gasteiger partial charge in [-0.1, -0.05) is 57.2 Å². The summed E-state index contributed by atoms with van der Waals surface area (Å²) in [5.41, 5.74) is 2.79. The van der Waals surface area contributed by atoms with Crippen molar-refractivity contribution in [2.75, 3.05) is 13.2 Å². The van der Waals surface area contributed by atoms with Gasteiger partial charge in [0.1, 0.15) is 5.75 Å². The lowest BCUT2D eigenvalue weighted by Crippen LogP contribution is -2.39. The molecule has 0 bridgehead atoms. The molecule has 3 aromatic rings. The molecule has 0 radical (unpaired) electrons. The molecule has 0 unspecified atom stereocenters. The van der Waals surface area contributed by atoms with E-state index in [9.17, 15) is 4.79 Å². The highest BCUT2D eigenvalue weighted by molar-refractivity contribution is 5.78. The van der Waals surface area contributed by atoms with Crippen LogP contribution in [0, 0.1) is 5.92 Å². The molecule has 1 saturated heterocycles. The van der Waals surface area contributed by atoms with E-state index in [0.29, 0.717) is 19.0 Å². The van der Waals surface area contributed by atoms with Gasteiger partial charge in [-0.05, 0) is 43.5 Å². The van der Waals surface area contributed by atoms with E-state index in [2.05, 4.69) is 6.92 Å². The van der Waals surface area contributed by atoms with Crippen molar-refractivity contribution in [3.63, 3.8) is 0 Å². The van der Waals surface area contributed by atoms with E-state index in [4.69, 9.17) is 14.6 Å². The molecule has 0 N–H and O–H groups in total. The molecule has 174 valence electrons. The Morgan fingerprint density at radius 1 is 1.15 bits per heavy atom. The first-order valence-corrected chi connectivity index (χ1v) is 11.9. The van der Waals surface area contributed by atoms with Gasteiger partial charge in [0.2, 0.25) is 11.8 Å². The maximum absolute atomic E-state index is 13.2. The van der Waals surface area contributed by atoms with Crippen molar-refractivity contribution < 1.29 is 14.3 Å². The van der Waals surface area contributed by atoms with Crippen molar-refractivity contribution >= 4 is 5.91 Å². The molecule has 0 aliphatic carbocycles. The van der Waals surface area contributed by atoms with Gasteiger partial charge in [-0.25, -0.2) is 4.68 Å². The number of carbonyl (C=O) groups excluding carboxylic acids is 1. The van der Waals surface area contributed by atoms with E-state index in [-0.39, 0.29) is 17.9 Å². The number of aromatic nitrogens is 2. The summed E-state index contributed by atoms with van der Waals surface area (Å²) in [5.74, 6) is 1.40. The molecule has 1 aromatic heterocycles. The Bertz CT molecular complexity index is 1040. The smallest absolute Gasteiger partial charge is 0.227 e. The van der Waals surface area contributed by atoms with Crippen LogP contribution in [-0.4, -0.2) is 39.8 Å². The molecule has 6 heteroatoms. The zero-order valence-corrected chi connectivity index (χ0v) is 19.7. The molecule has 2 aromatic carbocycles. The second-order valence-corrected chi connectivity index (χ2v) is 8.75. The van der Waals surface area contributed by atoms with Crippen LogP contribution in [0.15, 0.2) is 60.7 Å². The minimum absolute atomic E-state index is 0.0837. The third-order valence-electron chi connectivity index (χ3n) is 5.92. The molecule has 1 fully saturated rings. The predicted molar refractivity (Wildman–Crippen MR) is 129 cm³/mol. The predicted octanol–water partition coefficient (Wildman–Crippen LogP) is 5.39. The van der Waals surface area contributed by atoms with E-state index in [1.165, 1.54) is 0 Å². The lowest BCUT2D eigenvalue weighted by molar-refractivity contribution is -0.136. The summed E-state index contributed by atoms with van der Waals surface area (Å²) in [5, 5.41) is 4.91. The van der Waals surface area contributed by atoms with Crippen LogP contribution in [0.4, 0.5) is 0 Å². The zero-order chi connectivity index (χ0) is 23.2. The summed E-state index contributed by atoms with van der Waals surface area (Å²) in [7, 11) is 0. The van der Waals surface area contributed by atoms with Gasteiger partial charge in [-0.15, -0.1) is 0 Å². The molecule has 1 aliphatic rings. The zero-order valence-electron chi connectivity index (χ0n) is 19.7. The van der Waals surface area contributed by atoms with Crippen LogP contribution in [0.5, 0.6) is 11.6 Å². The summed E-state index contributed by atoms with van der Waals surface area (Å²) >= 11 is 0. The first-order valence-electron chi connectivity index (χ1n) is 11.9. The second kappa shape index (κ2) is 10.7. The number of hydrogen-bond donors (Lipinski definition) is 0. The fourth-order valence-electron chi connectivity index (χ4n) is 4.19. The number of aryl methyl sites for hydroxylation is 1. The van der Waals surface area contributed by atoms with Gasteiger partial charge in [0.25, 0.3) is 0 Å². The van der Waals surface area contributed by atoms with Gasteiger partial charge in [0, 0.05) is 19.1 Å². The minimum atomic E-state index is -0.0980. The van der Waals surface area contributed by atoms with Gasteiger partial charge in [-0.2, -0.15) is 5.10 Å². The van der Waals surface area contributed by atoms with Crippen molar-refractivity contribution in [2.45, 2.75) is 52.7 Å². The first kappa shape index (κ1) is 23.1. The lowest BCUT2D eigenvalue weighted by Gasteiger charge is -2.27. The van der Waals surface area contributed by atoms with E-state index in [1.54, 1.807) is 0 Å². The number of para-hydroxylation sites is 2. The number of nitrogens with zero attached hydrogens (tertiary/aromatic N) is 3. The van der Waals surface area contributed by atoms with Crippen LogP contribution < -0.4 is 4.74 Å². The van der Waals surface area contributed by atoms with E-state index >= 15 is 0 Å². The van der Waals surface area contributed by atoms with E-state index in [0.717, 1.165) is 48.6 Å². The number of ether oxygens (including phenoxy) is 2. The van der Waals surface area contributed by atoms with Crippen LogP contribution in [0.25, 0.3) is 5.69 Å². The number of amides is 1. The topological polar surface area (TPSA) is 56.6 Å². The second-order valence-electron chi connectivity index (χ2n) is 8.75. The minimum Gasteiger partial charge on any atom is -0.439 e. The Kier molecular flexibility index (Phi) is 7.45. The summed E-state index contributed by atoms with van der Waals surface area (Å²) < 4.78 is 14.1. The SMILES string of the molecule is CCc1nn(-c2ccccc2)c(Oc2ccccc2)c1CN(C[C@H]1CCCO1)C(=O)C(C)C. The normalized spacial score (nSPS) is 15.7. The Hall–Kier alpha value is -3.12. The van der Waals surface area contributed by atoms with Gasteiger partial charge in [-0.3, -0.25) is 4.79 Å². The van der Waals surface area contributed by atoms with Gasteiger partial charge in [0.15, 0.2) is 0 Å². The molecule has 4 rings (SSSR count). The van der Waals surface area contributed by atoms with Crippen molar-refractivity contribution in [3.8, 4) is 17.3 Å².